The predicted octanol–water partition coefficient (Wildman–Crippen LogP) is 5.87. The lowest BCUT2D eigenvalue weighted by Crippen LogP contribution is -2.23. The van der Waals surface area contributed by atoms with Crippen LogP contribution < -0.4 is 14.8 Å². The molecular formula is C23H18Cl2N2O3S. The molecule has 0 aliphatic carbocycles. The van der Waals surface area contributed by atoms with Crippen LogP contribution in [0.4, 0.5) is 0 Å². The number of halogens is 2. The topological polar surface area (TPSA) is 71.3 Å². The number of benzene rings is 2. The van der Waals surface area contributed by atoms with E-state index in [2.05, 4.69) is 5.32 Å². The standard InChI is InChI=1S/C23H18Cl2N2O3S/c1-29-22-11-15(9-17(12-26)23(28)27-13-18-3-2-8-31-18)5-7-21(22)30-14-16-4-6-19(24)20(25)10-16/h2-11H,13-14H2,1H3,(H,27,28)/b17-9+. The Morgan fingerprint density at radius 3 is 2.68 bits per heavy atom. The van der Waals surface area contributed by atoms with Gasteiger partial charge in [0, 0.05) is 4.88 Å². The van der Waals surface area contributed by atoms with Gasteiger partial charge in [0.05, 0.1) is 23.7 Å². The molecule has 0 aliphatic rings. The average molecular weight is 473 g/mol. The molecule has 0 bridgehead atoms. The fourth-order valence-corrected chi connectivity index (χ4v) is 3.64. The molecule has 2 aromatic carbocycles. The van der Waals surface area contributed by atoms with E-state index in [1.54, 1.807) is 30.3 Å². The first-order valence-corrected chi connectivity index (χ1v) is 10.8. The van der Waals surface area contributed by atoms with Gasteiger partial charge in [-0.1, -0.05) is 41.4 Å². The highest BCUT2D eigenvalue weighted by Crippen LogP contribution is 2.30. The third kappa shape index (κ3) is 6.25. The molecular weight excluding hydrogens is 455 g/mol. The van der Waals surface area contributed by atoms with Crippen LogP contribution in [0.2, 0.25) is 10.0 Å². The van der Waals surface area contributed by atoms with Gasteiger partial charge in [-0.15, -0.1) is 11.3 Å². The second-order valence-corrected chi connectivity index (χ2v) is 8.23. The largest absolute Gasteiger partial charge is 0.493 e. The Balaban J connectivity index is 1.70. The van der Waals surface area contributed by atoms with Crippen LogP contribution in [0, 0.1) is 11.3 Å². The van der Waals surface area contributed by atoms with Crippen molar-refractivity contribution < 1.29 is 14.3 Å². The molecule has 1 amide bonds. The summed E-state index contributed by atoms with van der Waals surface area (Å²) in [5.41, 5.74) is 1.50. The maximum absolute atomic E-state index is 12.3. The molecule has 0 aliphatic heterocycles. The second-order valence-electron chi connectivity index (χ2n) is 6.38. The first-order valence-electron chi connectivity index (χ1n) is 9.17. The van der Waals surface area contributed by atoms with E-state index in [-0.39, 0.29) is 12.2 Å². The van der Waals surface area contributed by atoms with Gasteiger partial charge in [-0.25, -0.2) is 0 Å². The molecule has 158 valence electrons. The molecule has 0 saturated carbocycles. The van der Waals surface area contributed by atoms with E-state index >= 15 is 0 Å². The summed E-state index contributed by atoms with van der Waals surface area (Å²) in [4.78, 5) is 13.3. The number of ether oxygens (including phenoxy) is 2. The average Bonchev–Trinajstić information content (AvgIpc) is 3.30. The van der Waals surface area contributed by atoms with Gasteiger partial charge in [-0.2, -0.15) is 5.26 Å². The van der Waals surface area contributed by atoms with Crippen molar-refractivity contribution in [2.75, 3.05) is 7.11 Å². The number of rotatable bonds is 8. The number of nitriles is 1. The van der Waals surface area contributed by atoms with Gasteiger partial charge in [-0.05, 0) is 52.9 Å². The van der Waals surface area contributed by atoms with E-state index in [1.807, 2.05) is 29.6 Å². The Morgan fingerprint density at radius 2 is 2.00 bits per heavy atom. The molecule has 0 radical (unpaired) electrons. The fourth-order valence-electron chi connectivity index (χ4n) is 2.67. The van der Waals surface area contributed by atoms with Gasteiger partial charge in [0.25, 0.3) is 5.91 Å². The molecule has 3 rings (SSSR count). The first-order chi connectivity index (χ1) is 15.0. The predicted molar refractivity (Wildman–Crippen MR) is 124 cm³/mol. The number of carbonyl (C=O) groups is 1. The summed E-state index contributed by atoms with van der Waals surface area (Å²) in [6.45, 7) is 0.650. The minimum Gasteiger partial charge on any atom is -0.493 e. The Hall–Kier alpha value is -2.98. The van der Waals surface area contributed by atoms with E-state index in [9.17, 15) is 10.1 Å². The summed E-state index contributed by atoms with van der Waals surface area (Å²) < 4.78 is 11.2. The highest BCUT2D eigenvalue weighted by molar-refractivity contribution is 7.09. The number of methoxy groups -OCH3 is 1. The van der Waals surface area contributed by atoms with Crippen LogP contribution in [0.25, 0.3) is 6.08 Å². The van der Waals surface area contributed by atoms with Gasteiger partial charge in [-0.3, -0.25) is 4.79 Å². The van der Waals surface area contributed by atoms with Crippen LogP contribution in [0.3, 0.4) is 0 Å². The molecule has 8 heteroatoms. The summed E-state index contributed by atoms with van der Waals surface area (Å²) in [6.07, 6.45) is 1.51. The molecule has 31 heavy (non-hydrogen) atoms. The van der Waals surface area contributed by atoms with Crippen LogP contribution in [0.1, 0.15) is 16.0 Å². The van der Waals surface area contributed by atoms with Gasteiger partial charge in [0.2, 0.25) is 0 Å². The summed E-state index contributed by atoms with van der Waals surface area (Å²) >= 11 is 13.5. The second kappa shape index (κ2) is 10.9. The van der Waals surface area contributed by atoms with Crippen LogP contribution in [0.15, 0.2) is 59.5 Å². The number of thiophene rings is 1. The van der Waals surface area contributed by atoms with Crippen molar-refractivity contribution in [2.45, 2.75) is 13.2 Å². The maximum atomic E-state index is 12.3. The molecule has 3 aromatic rings. The van der Waals surface area contributed by atoms with Gasteiger partial charge >= 0.3 is 0 Å². The highest BCUT2D eigenvalue weighted by Gasteiger charge is 2.11. The normalized spacial score (nSPS) is 11.0. The Labute approximate surface area is 194 Å². The fraction of sp³-hybridized carbons (Fsp3) is 0.130. The molecule has 0 fully saturated rings. The van der Waals surface area contributed by atoms with Crippen molar-refractivity contribution in [3.63, 3.8) is 0 Å². The Bertz CT molecular complexity index is 1140. The van der Waals surface area contributed by atoms with Crippen LogP contribution >= 0.6 is 34.5 Å². The van der Waals surface area contributed by atoms with E-state index < -0.39 is 5.91 Å². The Morgan fingerprint density at radius 1 is 1.16 bits per heavy atom. The molecule has 0 atom stereocenters. The van der Waals surface area contributed by atoms with Crippen molar-refractivity contribution in [1.82, 2.24) is 5.32 Å². The van der Waals surface area contributed by atoms with Gasteiger partial charge in [0.15, 0.2) is 11.5 Å². The Kier molecular flexibility index (Phi) is 7.96. The van der Waals surface area contributed by atoms with Crippen molar-refractivity contribution in [3.05, 3.63) is 85.5 Å². The number of nitrogens with one attached hydrogen (secondary N) is 1. The van der Waals surface area contributed by atoms with Crippen molar-refractivity contribution >= 4 is 46.5 Å². The number of carbonyl (C=O) groups excluding carboxylic acids is 1. The van der Waals surface area contributed by atoms with E-state index in [0.717, 1.165) is 10.4 Å². The summed E-state index contributed by atoms with van der Waals surface area (Å²) in [5.74, 6) is 0.561. The molecule has 1 heterocycles. The minimum absolute atomic E-state index is 0.00286. The molecule has 0 spiro atoms. The summed E-state index contributed by atoms with van der Waals surface area (Å²) in [5, 5.41) is 15.0. The first kappa shape index (κ1) is 22.7. The lowest BCUT2D eigenvalue weighted by atomic mass is 10.1. The van der Waals surface area contributed by atoms with Crippen LogP contribution in [-0.2, 0) is 17.9 Å². The molecule has 0 unspecified atom stereocenters. The third-order valence-corrected chi connectivity index (χ3v) is 5.86. The van der Waals surface area contributed by atoms with E-state index in [0.29, 0.717) is 33.7 Å². The molecule has 0 saturated heterocycles. The van der Waals surface area contributed by atoms with Gasteiger partial charge < -0.3 is 14.8 Å². The number of amides is 1. The van der Waals surface area contributed by atoms with Crippen molar-refractivity contribution in [3.8, 4) is 17.6 Å². The highest BCUT2D eigenvalue weighted by atomic mass is 35.5. The maximum Gasteiger partial charge on any atom is 0.262 e. The lowest BCUT2D eigenvalue weighted by molar-refractivity contribution is -0.117. The quantitative estimate of drug-likeness (QED) is 0.328. The third-order valence-electron chi connectivity index (χ3n) is 4.25. The van der Waals surface area contributed by atoms with E-state index in [4.69, 9.17) is 32.7 Å². The SMILES string of the molecule is COc1cc(/C=C(\C#N)C(=O)NCc2cccs2)ccc1OCc1ccc(Cl)c(Cl)c1. The zero-order valence-electron chi connectivity index (χ0n) is 16.5. The summed E-state index contributed by atoms with van der Waals surface area (Å²) in [7, 11) is 1.52. The van der Waals surface area contributed by atoms with Crippen LogP contribution in [-0.4, -0.2) is 13.0 Å². The zero-order chi connectivity index (χ0) is 22.2. The molecule has 1 N–H and O–H groups in total. The summed E-state index contributed by atoms with van der Waals surface area (Å²) in [6, 6.07) is 16.2. The van der Waals surface area contributed by atoms with Crippen LogP contribution in [0.5, 0.6) is 11.5 Å². The number of hydrogen-bond acceptors (Lipinski definition) is 5. The smallest absolute Gasteiger partial charge is 0.262 e. The molecule has 1 aromatic heterocycles. The molecule has 5 nitrogen and oxygen atoms in total. The van der Waals surface area contributed by atoms with Crippen molar-refractivity contribution in [1.29, 1.82) is 5.26 Å². The zero-order valence-corrected chi connectivity index (χ0v) is 18.9. The lowest BCUT2D eigenvalue weighted by Gasteiger charge is -2.12. The number of hydrogen-bond donors (Lipinski definition) is 1. The van der Waals surface area contributed by atoms with Crippen molar-refractivity contribution in [2.24, 2.45) is 0 Å². The van der Waals surface area contributed by atoms with E-state index in [1.165, 1.54) is 24.5 Å². The number of nitrogens with zero attached hydrogens (tertiary/aromatic N) is 1. The monoisotopic (exact) mass is 472 g/mol. The minimum atomic E-state index is -0.435. The van der Waals surface area contributed by atoms with Gasteiger partial charge in [0.1, 0.15) is 18.2 Å².